The summed E-state index contributed by atoms with van der Waals surface area (Å²) in [7, 11) is 3.65. The van der Waals surface area contributed by atoms with Gasteiger partial charge >= 0.3 is 0 Å². The first-order valence-corrected chi connectivity index (χ1v) is 9.47. The zero-order chi connectivity index (χ0) is 18.7. The molecule has 1 saturated heterocycles. The number of hydrogen-bond donors (Lipinski definition) is 0. The van der Waals surface area contributed by atoms with Crippen LogP contribution in [0.25, 0.3) is 0 Å². The van der Waals surface area contributed by atoms with E-state index in [1.807, 2.05) is 43.3 Å². The molecule has 2 aromatic carbocycles. The van der Waals surface area contributed by atoms with Gasteiger partial charge in [0.15, 0.2) is 0 Å². The minimum Gasteiger partial charge on any atom is -0.369 e. The lowest BCUT2D eigenvalue weighted by Crippen LogP contribution is -2.44. The maximum Gasteiger partial charge on any atom is 0.282 e. The summed E-state index contributed by atoms with van der Waals surface area (Å²) in [6.07, 6.45) is 0. The molecule has 6 heteroatoms. The summed E-state index contributed by atoms with van der Waals surface area (Å²) >= 11 is 3.49. The van der Waals surface area contributed by atoms with Crippen LogP contribution in [0.4, 0.5) is 11.4 Å². The molecular formula is C20H24BrN3O2. The molecular weight excluding hydrogens is 394 g/mol. The van der Waals surface area contributed by atoms with Gasteiger partial charge in [0.1, 0.15) is 0 Å². The molecule has 0 saturated carbocycles. The van der Waals surface area contributed by atoms with E-state index in [1.54, 1.807) is 0 Å². The predicted molar refractivity (Wildman–Crippen MR) is 109 cm³/mol. The number of piperazine rings is 1. The number of nitrogens with zero attached hydrogens (tertiary/aromatic N) is 3. The van der Waals surface area contributed by atoms with Crippen LogP contribution in [0.3, 0.4) is 0 Å². The average molecular weight is 418 g/mol. The van der Waals surface area contributed by atoms with Gasteiger partial charge in [-0.05, 0) is 55.9 Å². The number of benzene rings is 2. The summed E-state index contributed by atoms with van der Waals surface area (Å²) in [6, 6.07) is 13.5. The molecule has 2 aromatic rings. The molecule has 1 amide bonds. The number of amides is 1. The average Bonchev–Trinajstić information content (AvgIpc) is 2.66. The molecule has 1 aliphatic rings. The van der Waals surface area contributed by atoms with E-state index in [0.717, 1.165) is 41.9 Å². The topological polar surface area (TPSA) is 36.0 Å². The van der Waals surface area contributed by atoms with Crippen LogP contribution in [-0.4, -0.2) is 51.1 Å². The Labute approximate surface area is 163 Å². The van der Waals surface area contributed by atoms with E-state index in [2.05, 4.69) is 38.8 Å². The monoisotopic (exact) mass is 417 g/mol. The fourth-order valence-electron chi connectivity index (χ4n) is 3.08. The van der Waals surface area contributed by atoms with E-state index in [9.17, 15) is 4.79 Å². The van der Waals surface area contributed by atoms with Crippen molar-refractivity contribution < 1.29 is 9.63 Å². The van der Waals surface area contributed by atoms with Gasteiger partial charge in [0.05, 0.1) is 12.8 Å². The molecule has 1 fully saturated rings. The highest BCUT2D eigenvalue weighted by atomic mass is 79.9. The van der Waals surface area contributed by atoms with Crippen LogP contribution in [0.2, 0.25) is 0 Å². The van der Waals surface area contributed by atoms with Crippen molar-refractivity contribution in [2.45, 2.75) is 6.92 Å². The van der Waals surface area contributed by atoms with Crippen LogP contribution in [-0.2, 0) is 4.84 Å². The SMILES string of the molecule is CON(C(=O)c1cccc(N2CCN(C)CC2)c1)c1ccc(Br)c(C)c1. The second kappa shape index (κ2) is 8.20. The van der Waals surface area contributed by atoms with Gasteiger partial charge in [-0.1, -0.05) is 22.0 Å². The molecule has 0 radical (unpaired) electrons. The number of carbonyl (C=O) groups is 1. The van der Waals surface area contributed by atoms with Crippen molar-refractivity contribution in [1.82, 2.24) is 4.90 Å². The van der Waals surface area contributed by atoms with Gasteiger partial charge in [-0.15, -0.1) is 0 Å². The fraction of sp³-hybridized carbons (Fsp3) is 0.350. The third kappa shape index (κ3) is 4.09. The lowest BCUT2D eigenvalue weighted by Gasteiger charge is -2.34. The second-order valence-electron chi connectivity index (χ2n) is 6.56. The highest BCUT2D eigenvalue weighted by molar-refractivity contribution is 9.10. The van der Waals surface area contributed by atoms with Crippen molar-refractivity contribution in [1.29, 1.82) is 0 Å². The molecule has 1 heterocycles. The Balaban J connectivity index is 1.83. The molecule has 3 rings (SSSR count). The van der Waals surface area contributed by atoms with E-state index in [4.69, 9.17) is 4.84 Å². The minimum atomic E-state index is -0.176. The summed E-state index contributed by atoms with van der Waals surface area (Å²) in [5.74, 6) is -0.176. The number of rotatable bonds is 4. The molecule has 0 bridgehead atoms. The highest BCUT2D eigenvalue weighted by Gasteiger charge is 2.20. The summed E-state index contributed by atoms with van der Waals surface area (Å²) in [5, 5.41) is 1.34. The third-order valence-electron chi connectivity index (χ3n) is 4.70. The van der Waals surface area contributed by atoms with Crippen molar-refractivity contribution in [3.05, 3.63) is 58.1 Å². The normalized spacial score (nSPS) is 15.2. The second-order valence-corrected chi connectivity index (χ2v) is 7.41. The maximum atomic E-state index is 13.0. The van der Waals surface area contributed by atoms with Crippen LogP contribution in [0.5, 0.6) is 0 Å². The van der Waals surface area contributed by atoms with Crippen LogP contribution in [0.1, 0.15) is 15.9 Å². The summed E-state index contributed by atoms with van der Waals surface area (Å²) in [6.45, 7) is 5.98. The molecule has 0 aromatic heterocycles. The molecule has 5 nitrogen and oxygen atoms in total. The summed E-state index contributed by atoms with van der Waals surface area (Å²) in [4.78, 5) is 23.0. The smallest absolute Gasteiger partial charge is 0.282 e. The van der Waals surface area contributed by atoms with E-state index < -0.39 is 0 Å². The zero-order valence-corrected chi connectivity index (χ0v) is 17.0. The Morgan fingerprint density at radius 2 is 1.85 bits per heavy atom. The fourth-order valence-corrected chi connectivity index (χ4v) is 3.32. The van der Waals surface area contributed by atoms with Crippen molar-refractivity contribution in [2.75, 3.05) is 50.3 Å². The highest BCUT2D eigenvalue weighted by Crippen LogP contribution is 2.25. The first-order chi connectivity index (χ1) is 12.5. The van der Waals surface area contributed by atoms with Crippen molar-refractivity contribution in [3.63, 3.8) is 0 Å². The Bertz CT molecular complexity index is 788. The van der Waals surface area contributed by atoms with Gasteiger partial charge in [0, 0.05) is 41.9 Å². The van der Waals surface area contributed by atoms with Gasteiger partial charge < -0.3 is 9.80 Å². The molecule has 0 spiro atoms. The Morgan fingerprint density at radius 3 is 2.50 bits per heavy atom. The quantitative estimate of drug-likeness (QED) is 0.710. The van der Waals surface area contributed by atoms with Gasteiger partial charge in [-0.2, -0.15) is 5.06 Å². The predicted octanol–water partition coefficient (Wildman–Crippen LogP) is 3.72. The van der Waals surface area contributed by atoms with Crippen molar-refractivity contribution >= 4 is 33.2 Å². The molecule has 0 atom stereocenters. The number of carbonyl (C=O) groups excluding carboxylic acids is 1. The number of hydrogen-bond acceptors (Lipinski definition) is 4. The Hall–Kier alpha value is -1.89. The first-order valence-electron chi connectivity index (χ1n) is 8.68. The van der Waals surface area contributed by atoms with Crippen LogP contribution in [0, 0.1) is 6.92 Å². The molecule has 0 N–H and O–H groups in total. The number of halogens is 1. The molecule has 26 heavy (non-hydrogen) atoms. The van der Waals surface area contributed by atoms with Crippen LogP contribution >= 0.6 is 15.9 Å². The van der Waals surface area contributed by atoms with Gasteiger partial charge in [0.2, 0.25) is 0 Å². The number of anilines is 2. The number of hydroxylamine groups is 1. The summed E-state index contributed by atoms with van der Waals surface area (Å²) in [5.41, 5.74) is 3.45. The van der Waals surface area contributed by atoms with Gasteiger partial charge in [0.25, 0.3) is 5.91 Å². The first kappa shape index (κ1) is 18.9. The lowest BCUT2D eigenvalue weighted by molar-refractivity contribution is 0.0773. The maximum absolute atomic E-state index is 13.0. The van der Waals surface area contributed by atoms with E-state index in [0.29, 0.717) is 11.3 Å². The van der Waals surface area contributed by atoms with Crippen molar-refractivity contribution in [2.24, 2.45) is 0 Å². The molecule has 138 valence electrons. The van der Waals surface area contributed by atoms with Crippen molar-refractivity contribution in [3.8, 4) is 0 Å². The van der Waals surface area contributed by atoms with E-state index in [1.165, 1.54) is 12.2 Å². The standard InChI is InChI=1S/C20H24BrN3O2/c1-15-13-18(7-8-19(15)21)24(26-3)20(25)16-5-4-6-17(14-16)23-11-9-22(2)10-12-23/h4-8,13-14H,9-12H2,1-3H3. The number of aryl methyl sites for hydroxylation is 1. The molecule has 0 aliphatic carbocycles. The Kier molecular flexibility index (Phi) is 5.96. The van der Waals surface area contributed by atoms with Crippen LogP contribution < -0.4 is 9.96 Å². The zero-order valence-electron chi connectivity index (χ0n) is 15.4. The van der Waals surface area contributed by atoms with Gasteiger partial charge in [-0.3, -0.25) is 9.63 Å². The van der Waals surface area contributed by atoms with E-state index in [-0.39, 0.29) is 5.91 Å². The number of likely N-dealkylation sites (N-methyl/N-ethyl adjacent to an activating group) is 1. The lowest BCUT2D eigenvalue weighted by atomic mass is 10.1. The third-order valence-corrected chi connectivity index (χ3v) is 5.59. The summed E-state index contributed by atoms with van der Waals surface area (Å²) < 4.78 is 1.00. The molecule has 0 unspecified atom stereocenters. The minimum absolute atomic E-state index is 0.176. The van der Waals surface area contributed by atoms with Gasteiger partial charge in [-0.25, -0.2) is 0 Å². The largest absolute Gasteiger partial charge is 0.369 e. The molecule has 1 aliphatic heterocycles. The van der Waals surface area contributed by atoms with E-state index >= 15 is 0 Å². The van der Waals surface area contributed by atoms with Crippen LogP contribution in [0.15, 0.2) is 46.9 Å². The Morgan fingerprint density at radius 1 is 1.12 bits per heavy atom.